The van der Waals surface area contributed by atoms with E-state index in [0.717, 1.165) is 6.42 Å². The van der Waals surface area contributed by atoms with Crippen molar-refractivity contribution in [2.45, 2.75) is 85.5 Å². The van der Waals surface area contributed by atoms with Gasteiger partial charge in [0.15, 0.2) is 0 Å². The van der Waals surface area contributed by atoms with Gasteiger partial charge in [-0.25, -0.2) is 0 Å². The lowest BCUT2D eigenvalue weighted by molar-refractivity contribution is -0.420. The average Bonchev–Trinajstić information content (AvgIpc) is 3.28. The van der Waals surface area contributed by atoms with Gasteiger partial charge in [-0.1, -0.05) is 123 Å². The van der Waals surface area contributed by atoms with Crippen LogP contribution in [0.1, 0.15) is 108 Å². The van der Waals surface area contributed by atoms with E-state index in [1.165, 1.54) is 61.8 Å². The van der Waals surface area contributed by atoms with Gasteiger partial charge in [0.25, 0.3) is 11.4 Å². The van der Waals surface area contributed by atoms with Crippen molar-refractivity contribution in [1.29, 1.82) is 0 Å². The molecule has 0 heterocycles. The first-order valence-corrected chi connectivity index (χ1v) is 15.4. The number of fused-ring (bicyclic) bond motifs is 1. The summed E-state index contributed by atoms with van der Waals surface area (Å²) in [5.74, 6) is 1.64. The van der Waals surface area contributed by atoms with Crippen molar-refractivity contribution in [1.82, 2.24) is 0 Å². The molecule has 2 nitrogen and oxygen atoms in total. The Bertz CT molecular complexity index is 1470. The summed E-state index contributed by atoms with van der Waals surface area (Å²) in [6.45, 7) is 22.5. The molecule has 0 fully saturated rings. The second kappa shape index (κ2) is 12.6. The smallest absolute Gasteiger partial charge is 0.188 e. The predicted octanol–water partition coefficient (Wildman–Crippen LogP) is 10.2. The topological polar surface area (TPSA) is 6.02 Å². The van der Waals surface area contributed by atoms with Gasteiger partial charge < -0.3 is 0 Å². The fourth-order valence-corrected chi connectivity index (χ4v) is 6.48. The van der Waals surface area contributed by atoms with Gasteiger partial charge in [0.2, 0.25) is 11.4 Å². The minimum Gasteiger partial charge on any atom is -0.188 e. The molecule has 0 unspecified atom stereocenters. The maximum Gasteiger partial charge on any atom is 0.285 e. The molecule has 0 aromatic heterocycles. The van der Waals surface area contributed by atoms with Crippen LogP contribution in [0.5, 0.6) is 0 Å². The summed E-state index contributed by atoms with van der Waals surface area (Å²) in [7, 11) is 4.56. The molecule has 2 aliphatic rings. The molecule has 0 amide bonds. The number of nitrogens with zero attached hydrogens (tertiary/aromatic N) is 2. The molecule has 0 saturated carbocycles. The molecule has 0 N–H and O–H groups in total. The Kier molecular flexibility index (Phi) is 9.32. The largest absolute Gasteiger partial charge is 0.285 e. The number of hydrogen-bond acceptors (Lipinski definition) is 0. The molecule has 2 aromatic carbocycles. The first kappa shape index (κ1) is 30.4. The molecule has 2 aliphatic carbocycles. The minimum atomic E-state index is 0.409. The normalized spacial score (nSPS) is 17.9. The van der Waals surface area contributed by atoms with E-state index in [-0.39, 0.29) is 0 Å². The van der Waals surface area contributed by atoms with Gasteiger partial charge in [-0.3, -0.25) is 0 Å². The lowest BCUT2D eigenvalue weighted by Crippen LogP contribution is -2.29. The highest BCUT2D eigenvalue weighted by atomic mass is 15.1. The van der Waals surface area contributed by atoms with Crippen LogP contribution in [0.2, 0.25) is 0 Å². The van der Waals surface area contributed by atoms with Crippen molar-refractivity contribution in [3.05, 3.63) is 118 Å². The van der Waals surface area contributed by atoms with E-state index in [1.807, 2.05) is 6.08 Å². The molecule has 214 valence electrons. The second-order valence-corrected chi connectivity index (χ2v) is 12.7. The number of hydrogen-bond donors (Lipinski definition) is 0. The van der Waals surface area contributed by atoms with Gasteiger partial charge in [0.1, 0.15) is 14.1 Å². The summed E-state index contributed by atoms with van der Waals surface area (Å²) >= 11 is 0. The van der Waals surface area contributed by atoms with Crippen LogP contribution in [-0.4, -0.2) is 34.7 Å². The molecule has 0 spiro atoms. The van der Waals surface area contributed by atoms with Crippen molar-refractivity contribution >= 4 is 22.8 Å². The van der Waals surface area contributed by atoms with Gasteiger partial charge in [-0.05, 0) is 47.8 Å². The Labute approximate surface area is 249 Å². The second-order valence-electron chi connectivity index (χ2n) is 12.7. The highest BCUT2D eigenvalue weighted by molar-refractivity contribution is 6.55. The molecule has 0 atom stereocenters. The SMILES string of the molecule is C=C/C=C\C1=C2CC=CC=C2C(=[N+](C)c2c(C(C)C)cccc2C(C)C)C1=[N+](C)c1c(C(C)C)cccc1C(C)C. The Morgan fingerprint density at radius 2 is 1.12 bits per heavy atom. The zero-order valence-electron chi connectivity index (χ0n) is 27.0. The average molecular weight is 547 g/mol. The van der Waals surface area contributed by atoms with E-state index in [0.29, 0.717) is 23.7 Å². The molecule has 0 saturated heterocycles. The molecular formula is C39H50N2+2. The molecule has 0 aliphatic heterocycles. The number of allylic oxidation sites excluding steroid dienone is 9. The highest BCUT2D eigenvalue weighted by Crippen LogP contribution is 2.41. The Morgan fingerprint density at radius 3 is 1.54 bits per heavy atom. The van der Waals surface area contributed by atoms with Crippen LogP contribution in [0.25, 0.3) is 0 Å². The number of benzene rings is 2. The third-order valence-electron chi connectivity index (χ3n) is 8.53. The number of para-hydroxylation sites is 2. The maximum absolute atomic E-state index is 4.01. The lowest BCUT2D eigenvalue weighted by atomic mass is 9.91. The van der Waals surface area contributed by atoms with Gasteiger partial charge in [0, 0.05) is 22.3 Å². The Hall–Kier alpha value is -3.52. The third kappa shape index (κ3) is 5.67. The molecule has 2 heteroatoms. The predicted molar refractivity (Wildman–Crippen MR) is 179 cm³/mol. The molecular weight excluding hydrogens is 496 g/mol. The van der Waals surface area contributed by atoms with E-state index >= 15 is 0 Å². The van der Waals surface area contributed by atoms with Gasteiger partial charge in [0.05, 0.1) is 11.1 Å². The van der Waals surface area contributed by atoms with Crippen LogP contribution >= 0.6 is 0 Å². The molecule has 4 rings (SSSR count). The highest BCUT2D eigenvalue weighted by Gasteiger charge is 2.45. The summed E-state index contributed by atoms with van der Waals surface area (Å²) in [6, 6.07) is 13.7. The fraction of sp³-hybridized carbons (Fsp3) is 0.385. The fourth-order valence-electron chi connectivity index (χ4n) is 6.48. The van der Waals surface area contributed by atoms with Crippen LogP contribution in [0, 0.1) is 0 Å². The first-order valence-electron chi connectivity index (χ1n) is 15.4. The summed E-state index contributed by atoms with van der Waals surface area (Å²) in [4.78, 5) is 0. The van der Waals surface area contributed by atoms with E-state index in [1.54, 1.807) is 0 Å². The van der Waals surface area contributed by atoms with Gasteiger partial charge in [-0.2, -0.15) is 9.15 Å². The van der Waals surface area contributed by atoms with E-state index in [2.05, 4.69) is 152 Å². The van der Waals surface area contributed by atoms with Gasteiger partial charge in [-0.15, -0.1) is 0 Å². The van der Waals surface area contributed by atoms with Crippen LogP contribution in [0.3, 0.4) is 0 Å². The summed E-state index contributed by atoms with van der Waals surface area (Å²) in [6.07, 6.45) is 14.0. The lowest BCUT2D eigenvalue weighted by Gasteiger charge is -2.18. The summed E-state index contributed by atoms with van der Waals surface area (Å²) in [5, 5.41) is 0. The van der Waals surface area contributed by atoms with Crippen LogP contribution < -0.4 is 0 Å². The monoisotopic (exact) mass is 546 g/mol. The molecule has 41 heavy (non-hydrogen) atoms. The Morgan fingerprint density at radius 1 is 0.683 bits per heavy atom. The zero-order chi connectivity index (χ0) is 30.0. The standard InChI is InChI=1S/C39H50N2/c1-12-13-18-34-33-19-14-15-20-35(33)39(41(11)37-31(27(6)7)23-17-24-32(37)28(8)9)38(34)40(10)36-29(25(2)3)21-16-22-30(36)26(4)5/h12-18,20-28H,1,19H2,2-11H3/q+2/b18-13-,40-38?,41-39?. The number of rotatable bonds is 8. The van der Waals surface area contributed by atoms with Crippen molar-refractivity contribution in [3.63, 3.8) is 0 Å². The van der Waals surface area contributed by atoms with E-state index in [4.69, 9.17) is 0 Å². The summed E-state index contributed by atoms with van der Waals surface area (Å²) in [5.41, 5.74) is 14.8. The van der Waals surface area contributed by atoms with Crippen LogP contribution in [0.4, 0.5) is 11.4 Å². The third-order valence-corrected chi connectivity index (χ3v) is 8.53. The van der Waals surface area contributed by atoms with Gasteiger partial charge >= 0.3 is 0 Å². The molecule has 2 aromatic rings. The quantitative estimate of drug-likeness (QED) is 0.229. The van der Waals surface area contributed by atoms with Crippen LogP contribution in [0.15, 0.2) is 96.2 Å². The molecule has 0 bridgehead atoms. The minimum absolute atomic E-state index is 0.409. The van der Waals surface area contributed by atoms with Crippen LogP contribution in [-0.2, 0) is 0 Å². The van der Waals surface area contributed by atoms with Crippen molar-refractivity contribution in [2.75, 3.05) is 14.1 Å². The van der Waals surface area contributed by atoms with E-state index < -0.39 is 0 Å². The van der Waals surface area contributed by atoms with Crippen molar-refractivity contribution in [2.24, 2.45) is 0 Å². The first-order chi connectivity index (χ1) is 19.5. The Balaban J connectivity index is 2.23. The maximum atomic E-state index is 4.01. The summed E-state index contributed by atoms with van der Waals surface area (Å²) < 4.78 is 5.00. The zero-order valence-corrected chi connectivity index (χ0v) is 27.0. The van der Waals surface area contributed by atoms with E-state index in [9.17, 15) is 0 Å². The van der Waals surface area contributed by atoms with Crippen molar-refractivity contribution < 1.29 is 9.15 Å². The van der Waals surface area contributed by atoms with Crippen molar-refractivity contribution in [3.8, 4) is 0 Å². The molecule has 0 radical (unpaired) electrons.